The van der Waals surface area contributed by atoms with Crippen molar-refractivity contribution in [1.29, 1.82) is 0 Å². The van der Waals surface area contributed by atoms with Gasteiger partial charge in [0.05, 0.1) is 6.54 Å². The van der Waals surface area contributed by atoms with Gasteiger partial charge in [-0.25, -0.2) is 0 Å². The number of likely N-dealkylation sites (tertiary alicyclic amines) is 1. The maximum atomic E-state index is 5.31. The third-order valence-electron chi connectivity index (χ3n) is 3.40. The number of hydrogen-bond acceptors (Lipinski definition) is 2. The Hall–Kier alpha value is -0.520. The van der Waals surface area contributed by atoms with E-state index in [2.05, 4.69) is 36.9 Å². The van der Waals surface area contributed by atoms with Crippen LogP contribution in [-0.4, -0.2) is 36.6 Å². The molecule has 0 aromatic carbocycles. The summed E-state index contributed by atoms with van der Waals surface area (Å²) in [7, 11) is 0. The van der Waals surface area contributed by atoms with Crippen LogP contribution in [-0.2, 0) is 0 Å². The second kappa shape index (κ2) is 6.15. The number of terminal acetylenes is 1. The molecule has 0 bridgehead atoms. The normalized spacial score (nSPS) is 21.5. The fraction of sp³-hybridized carbons (Fsp3) is 0.846. The monoisotopic (exact) mass is 208 g/mol. The molecule has 1 N–H and O–H groups in total. The summed E-state index contributed by atoms with van der Waals surface area (Å²) in [5.41, 5.74) is 0. The summed E-state index contributed by atoms with van der Waals surface area (Å²) in [5, 5.41) is 3.70. The van der Waals surface area contributed by atoms with Crippen LogP contribution in [0.5, 0.6) is 0 Å². The Morgan fingerprint density at radius 3 is 2.40 bits per heavy atom. The van der Waals surface area contributed by atoms with Gasteiger partial charge in [-0.3, -0.25) is 4.90 Å². The van der Waals surface area contributed by atoms with Gasteiger partial charge in [-0.1, -0.05) is 19.8 Å². The second-order valence-electron chi connectivity index (χ2n) is 4.95. The molecule has 2 nitrogen and oxygen atoms in total. The average Bonchev–Trinajstić information content (AvgIpc) is 2.21. The Bertz CT molecular complexity index is 209. The van der Waals surface area contributed by atoms with Gasteiger partial charge in [0.1, 0.15) is 0 Å². The molecule has 0 aliphatic carbocycles. The van der Waals surface area contributed by atoms with Crippen molar-refractivity contribution in [3.05, 3.63) is 0 Å². The number of nitrogens with zero attached hydrogens (tertiary/aromatic N) is 1. The van der Waals surface area contributed by atoms with E-state index in [0.717, 1.165) is 19.6 Å². The first-order valence-electron chi connectivity index (χ1n) is 6.05. The zero-order chi connectivity index (χ0) is 11.3. The van der Waals surface area contributed by atoms with E-state index in [1.807, 2.05) is 0 Å². The molecule has 0 amide bonds. The Balaban J connectivity index is 2.23. The molecular weight excluding hydrogens is 184 g/mol. The third-order valence-corrected chi connectivity index (χ3v) is 3.40. The molecule has 0 aromatic heterocycles. The summed E-state index contributed by atoms with van der Waals surface area (Å²) in [6.07, 6.45) is 7.78. The van der Waals surface area contributed by atoms with Crippen LogP contribution < -0.4 is 5.32 Å². The van der Waals surface area contributed by atoms with E-state index in [4.69, 9.17) is 6.42 Å². The lowest BCUT2D eigenvalue weighted by atomic mass is 10.0. The molecule has 1 aliphatic heterocycles. The highest BCUT2D eigenvalue weighted by atomic mass is 15.1. The average molecular weight is 208 g/mol. The van der Waals surface area contributed by atoms with E-state index in [-0.39, 0.29) is 0 Å². The highest BCUT2D eigenvalue weighted by molar-refractivity contribution is 4.90. The van der Waals surface area contributed by atoms with Crippen molar-refractivity contribution in [2.24, 2.45) is 5.92 Å². The number of nitrogens with one attached hydrogen (secondary N) is 1. The zero-order valence-corrected chi connectivity index (χ0v) is 10.3. The molecule has 0 radical (unpaired) electrons. The van der Waals surface area contributed by atoms with Gasteiger partial charge in [0.2, 0.25) is 0 Å². The fourth-order valence-corrected chi connectivity index (χ4v) is 1.95. The molecular formula is C13H24N2. The van der Waals surface area contributed by atoms with Gasteiger partial charge in [-0.15, -0.1) is 6.42 Å². The molecule has 1 unspecified atom stereocenters. The lowest BCUT2D eigenvalue weighted by molar-refractivity contribution is 0.204. The van der Waals surface area contributed by atoms with Crippen molar-refractivity contribution >= 4 is 0 Å². The topological polar surface area (TPSA) is 15.3 Å². The largest absolute Gasteiger partial charge is 0.311 e. The highest BCUT2D eigenvalue weighted by Crippen LogP contribution is 2.12. The molecule has 1 heterocycles. The van der Waals surface area contributed by atoms with Crippen LogP contribution in [0.3, 0.4) is 0 Å². The molecule has 15 heavy (non-hydrogen) atoms. The molecule has 86 valence electrons. The van der Waals surface area contributed by atoms with Crippen LogP contribution in [0.25, 0.3) is 0 Å². The highest BCUT2D eigenvalue weighted by Gasteiger charge is 2.20. The lowest BCUT2D eigenvalue weighted by Crippen LogP contribution is -2.46. The molecule has 1 atom stereocenters. The first kappa shape index (κ1) is 12.5. The van der Waals surface area contributed by atoms with Crippen molar-refractivity contribution in [1.82, 2.24) is 10.2 Å². The predicted molar refractivity (Wildman–Crippen MR) is 65.7 cm³/mol. The van der Waals surface area contributed by atoms with Gasteiger partial charge in [0.15, 0.2) is 0 Å². The van der Waals surface area contributed by atoms with Crippen LogP contribution >= 0.6 is 0 Å². The van der Waals surface area contributed by atoms with Crippen LogP contribution in [0.4, 0.5) is 0 Å². The SMILES string of the molecule is C#CCN1CCC(NC(C)C(C)C)CC1. The summed E-state index contributed by atoms with van der Waals surface area (Å²) < 4.78 is 0. The Kier molecular flexibility index (Phi) is 5.14. The van der Waals surface area contributed by atoms with E-state index in [9.17, 15) is 0 Å². The summed E-state index contributed by atoms with van der Waals surface area (Å²) in [6.45, 7) is 9.92. The Morgan fingerprint density at radius 1 is 1.33 bits per heavy atom. The number of rotatable bonds is 4. The van der Waals surface area contributed by atoms with Gasteiger partial charge in [-0.2, -0.15) is 0 Å². The van der Waals surface area contributed by atoms with Gasteiger partial charge in [0.25, 0.3) is 0 Å². The van der Waals surface area contributed by atoms with Gasteiger partial charge in [-0.05, 0) is 25.7 Å². The van der Waals surface area contributed by atoms with Crippen LogP contribution in [0.15, 0.2) is 0 Å². The molecule has 0 aromatic rings. The van der Waals surface area contributed by atoms with E-state index in [1.54, 1.807) is 0 Å². The van der Waals surface area contributed by atoms with Crippen LogP contribution in [0.2, 0.25) is 0 Å². The summed E-state index contributed by atoms with van der Waals surface area (Å²) in [6, 6.07) is 1.31. The third kappa shape index (κ3) is 4.24. The van der Waals surface area contributed by atoms with Gasteiger partial charge < -0.3 is 5.32 Å². The minimum Gasteiger partial charge on any atom is -0.311 e. The van der Waals surface area contributed by atoms with Crippen molar-refractivity contribution in [2.45, 2.75) is 45.7 Å². The number of hydrogen-bond donors (Lipinski definition) is 1. The maximum absolute atomic E-state index is 5.31. The van der Waals surface area contributed by atoms with Gasteiger partial charge >= 0.3 is 0 Å². The first-order chi connectivity index (χ1) is 7.13. The number of piperidine rings is 1. The van der Waals surface area contributed by atoms with Crippen LogP contribution in [0, 0.1) is 18.3 Å². The van der Waals surface area contributed by atoms with Crippen LogP contribution in [0.1, 0.15) is 33.6 Å². The standard InChI is InChI=1S/C13H24N2/c1-5-8-15-9-6-13(7-10-15)14-12(4)11(2)3/h1,11-14H,6-10H2,2-4H3. The molecule has 1 rings (SSSR count). The second-order valence-corrected chi connectivity index (χ2v) is 4.95. The van der Waals surface area contributed by atoms with E-state index in [1.165, 1.54) is 12.8 Å². The molecule has 0 spiro atoms. The van der Waals surface area contributed by atoms with Gasteiger partial charge in [0, 0.05) is 25.2 Å². The minimum atomic E-state index is 0.620. The fourth-order valence-electron chi connectivity index (χ4n) is 1.95. The molecule has 0 saturated carbocycles. The van der Waals surface area contributed by atoms with Crippen molar-refractivity contribution in [2.75, 3.05) is 19.6 Å². The smallest absolute Gasteiger partial charge is 0.0598 e. The zero-order valence-electron chi connectivity index (χ0n) is 10.3. The summed E-state index contributed by atoms with van der Waals surface area (Å²) >= 11 is 0. The summed E-state index contributed by atoms with van der Waals surface area (Å²) in [5.74, 6) is 3.43. The van der Waals surface area contributed by atoms with E-state index in [0.29, 0.717) is 18.0 Å². The molecule has 1 saturated heterocycles. The predicted octanol–water partition coefficient (Wildman–Crippen LogP) is 1.72. The van der Waals surface area contributed by atoms with Crippen molar-refractivity contribution in [3.8, 4) is 12.3 Å². The van der Waals surface area contributed by atoms with Crippen molar-refractivity contribution in [3.63, 3.8) is 0 Å². The van der Waals surface area contributed by atoms with Crippen molar-refractivity contribution < 1.29 is 0 Å². The minimum absolute atomic E-state index is 0.620. The Morgan fingerprint density at radius 2 is 1.93 bits per heavy atom. The Labute approximate surface area is 94.4 Å². The molecule has 2 heteroatoms. The maximum Gasteiger partial charge on any atom is 0.0598 e. The molecule has 1 aliphatic rings. The van der Waals surface area contributed by atoms with E-state index >= 15 is 0 Å². The van der Waals surface area contributed by atoms with E-state index < -0.39 is 0 Å². The molecule has 1 fully saturated rings. The quantitative estimate of drug-likeness (QED) is 0.708. The first-order valence-corrected chi connectivity index (χ1v) is 6.05. The summed E-state index contributed by atoms with van der Waals surface area (Å²) in [4.78, 5) is 2.36. The lowest BCUT2D eigenvalue weighted by Gasteiger charge is -2.33.